The average Bonchev–Trinajstić information content (AvgIpc) is 2.29. The van der Waals surface area contributed by atoms with E-state index in [1.165, 1.54) is 25.7 Å². The smallest absolute Gasteiger partial charge is 0.0601 e. The average molecular weight is 243 g/mol. The standard InChI is InChI=1S/C14H29NO2/c1-12-6-4-5-7-14(12)17-11-10-15(3)9-8-13(2)16/h12-14,16H,4-11H2,1-3H3. The Morgan fingerprint density at radius 1 is 1.29 bits per heavy atom. The van der Waals surface area contributed by atoms with Gasteiger partial charge in [-0.3, -0.25) is 0 Å². The number of hydrogen-bond acceptors (Lipinski definition) is 3. The molecule has 1 rings (SSSR count). The molecule has 3 atom stereocenters. The second-order valence-electron chi connectivity index (χ2n) is 5.61. The molecule has 3 unspecified atom stereocenters. The summed E-state index contributed by atoms with van der Waals surface area (Å²) in [5, 5.41) is 9.21. The van der Waals surface area contributed by atoms with Gasteiger partial charge < -0.3 is 14.7 Å². The van der Waals surface area contributed by atoms with Gasteiger partial charge in [-0.25, -0.2) is 0 Å². The number of likely N-dealkylation sites (N-methyl/N-ethyl adjacent to an activating group) is 1. The van der Waals surface area contributed by atoms with Gasteiger partial charge in [0.2, 0.25) is 0 Å². The number of ether oxygens (including phenoxy) is 1. The van der Waals surface area contributed by atoms with Gasteiger partial charge in [0, 0.05) is 13.1 Å². The largest absolute Gasteiger partial charge is 0.393 e. The van der Waals surface area contributed by atoms with E-state index in [4.69, 9.17) is 4.74 Å². The Labute approximate surface area is 106 Å². The van der Waals surface area contributed by atoms with Gasteiger partial charge in [-0.15, -0.1) is 0 Å². The lowest BCUT2D eigenvalue weighted by Crippen LogP contribution is -2.31. The summed E-state index contributed by atoms with van der Waals surface area (Å²) in [4.78, 5) is 2.24. The van der Waals surface area contributed by atoms with Crippen molar-refractivity contribution in [1.82, 2.24) is 4.90 Å². The van der Waals surface area contributed by atoms with E-state index in [1.54, 1.807) is 0 Å². The van der Waals surface area contributed by atoms with Gasteiger partial charge in [0.1, 0.15) is 0 Å². The first-order valence-electron chi connectivity index (χ1n) is 7.08. The van der Waals surface area contributed by atoms with Crippen LogP contribution in [0, 0.1) is 5.92 Å². The van der Waals surface area contributed by atoms with E-state index in [1.807, 2.05) is 6.92 Å². The molecule has 3 heteroatoms. The van der Waals surface area contributed by atoms with Crippen LogP contribution < -0.4 is 0 Å². The van der Waals surface area contributed by atoms with Crippen LogP contribution in [0.2, 0.25) is 0 Å². The molecule has 102 valence electrons. The van der Waals surface area contributed by atoms with E-state index in [-0.39, 0.29) is 6.10 Å². The topological polar surface area (TPSA) is 32.7 Å². The van der Waals surface area contributed by atoms with E-state index in [0.717, 1.165) is 32.0 Å². The lowest BCUT2D eigenvalue weighted by molar-refractivity contribution is -0.0124. The Balaban J connectivity index is 2.05. The van der Waals surface area contributed by atoms with Crippen molar-refractivity contribution in [2.24, 2.45) is 5.92 Å². The lowest BCUT2D eigenvalue weighted by Gasteiger charge is -2.29. The van der Waals surface area contributed by atoms with E-state index < -0.39 is 0 Å². The van der Waals surface area contributed by atoms with Gasteiger partial charge in [0.25, 0.3) is 0 Å². The first-order chi connectivity index (χ1) is 8.09. The summed E-state index contributed by atoms with van der Waals surface area (Å²) < 4.78 is 5.97. The van der Waals surface area contributed by atoms with Crippen molar-refractivity contribution in [3.63, 3.8) is 0 Å². The lowest BCUT2D eigenvalue weighted by atomic mass is 9.88. The molecule has 17 heavy (non-hydrogen) atoms. The molecule has 1 saturated carbocycles. The maximum absolute atomic E-state index is 9.21. The molecule has 3 nitrogen and oxygen atoms in total. The van der Waals surface area contributed by atoms with Crippen LogP contribution in [-0.2, 0) is 4.74 Å². The van der Waals surface area contributed by atoms with Gasteiger partial charge >= 0.3 is 0 Å². The second kappa shape index (κ2) is 8.06. The van der Waals surface area contributed by atoms with Crippen molar-refractivity contribution in [2.75, 3.05) is 26.7 Å². The summed E-state index contributed by atoms with van der Waals surface area (Å²) in [5.41, 5.74) is 0. The van der Waals surface area contributed by atoms with Crippen LogP contribution in [0.5, 0.6) is 0 Å². The van der Waals surface area contributed by atoms with E-state index >= 15 is 0 Å². The Morgan fingerprint density at radius 2 is 2.00 bits per heavy atom. The number of aliphatic hydroxyl groups is 1. The minimum Gasteiger partial charge on any atom is -0.393 e. The molecule has 1 aliphatic carbocycles. The fourth-order valence-corrected chi connectivity index (χ4v) is 2.41. The molecule has 0 amide bonds. The molecule has 0 aromatic carbocycles. The van der Waals surface area contributed by atoms with Crippen LogP contribution in [0.3, 0.4) is 0 Å². The third-order valence-corrected chi connectivity index (χ3v) is 3.77. The molecule has 1 N–H and O–H groups in total. The van der Waals surface area contributed by atoms with Crippen molar-refractivity contribution >= 4 is 0 Å². The SMILES string of the molecule is CC(O)CCN(C)CCOC1CCCCC1C. The molecule has 0 spiro atoms. The van der Waals surface area contributed by atoms with Crippen LogP contribution in [-0.4, -0.2) is 49.0 Å². The van der Waals surface area contributed by atoms with Gasteiger partial charge in [-0.1, -0.05) is 19.8 Å². The van der Waals surface area contributed by atoms with E-state index in [2.05, 4.69) is 18.9 Å². The molecule has 1 fully saturated rings. The van der Waals surface area contributed by atoms with Crippen LogP contribution in [0.1, 0.15) is 46.0 Å². The molecule has 0 bridgehead atoms. The van der Waals surface area contributed by atoms with Crippen molar-refractivity contribution in [2.45, 2.75) is 58.2 Å². The van der Waals surface area contributed by atoms with Crippen LogP contribution in [0.25, 0.3) is 0 Å². The Morgan fingerprint density at radius 3 is 2.65 bits per heavy atom. The maximum Gasteiger partial charge on any atom is 0.0601 e. The minimum absolute atomic E-state index is 0.197. The summed E-state index contributed by atoms with van der Waals surface area (Å²) in [7, 11) is 2.09. The highest BCUT2D eigenvalue weighted by Crippen LogP contribution is 2.26. The van der Waals surface area contributed by atoms with Crippen molar-refractivity contribution in [3.05, 3.63) is 0 Å². The Bertz CT molecular complexity index is 197. The van der Waals surface area contributed by atoms with Crippen molar-refractivity contribution < 1.29 is 9.84 Å². The third kappa shape index (κ3) is 6.39. The van der Waals surface area contributed by atoms with Crippen LogP contribution in [0.15, 0.2) is 0 Å². The molecule has 0 aromatic rings. The minimum atomic E-state index is -0.197. The summed E-state index contributed by atoms with van der Waals surface area (Å²) in [6.45, 7) is 6.89. The summed E-state index contributed by atoms with van der Waals surface area (Å²) in [5.74, 6) is 0.728. The molecule has 0 aliphatic heterocycles. The monoisotopic (exact) mass is 243 g/mol. The van der Waals surface area contributed by atoms with Gasteiger partial charge in [0.15, 0.2) is 0 Å². The second-order valence-corrected chi connectivity index (χ2v) is 5.61. The molecular weight excluding hydrogens is 214 g/mol. The fraction of sp³-hybridized carbons (Fsp3) is 1.00. The van der Waals surface area contributed by atoms with E-state index in [9.17, 15) is 5.11 Å². The zero-order valence-corrected chi connectivity index (χ0v) is 11.7. The first kappa shape index (κ1) is 14.9. The normalized spacial score (nSPS) is 27.4. The molecule has 0 aromatic heterocycles. The number of aliphatic hydroxyl groups excluding tert-OH is 1. The Hall–Kier alpha value is -0.120. The highest BCUT2D eigenvalue weighted by atomic mass is 16.5. The maximum atomic E-state index is 9.21. The highest BCUT2D eigenvalue weighted by molar-refractivity contribution is 4.72. The predicted molar refractivity (Wildman–Crippen MR) is 71.2 cm³/mol. The van der Waals surface area contributed by atoms with Crippen LogP contribution in [0.4, 0.5) is 0 Å². The predicted octanol–water partition coefficient (Wildman–Crippen LogP) is 2.28. The van der Waals surface area contributed by atoms with Gasteiger partial charge in [-0.2, -0.15) is 0 Å². The molecular formula is C14H29NO2. The molecule has 0 heterocycles. The molecule has 0 radical (unpaired) electrons. The zero-order valence-electron chi connectivity index (χ0n) is 11.7. The first-order valence-corrected chi connectivity index (χ1v) is 7.08. The number of nitrogens with zero attached hydrogens (tertiary/aromatic N) is 1. The Kier molecular flexibility index (Phi) is 7.09. The van der Waals surface area contributed by atoms with Crippen molar-refractivity contribution in [1.29, 1.82) is 0 Å². The zero-order chi connectivity index (χ0) is 12.7. The molecule has 1 aliphatic rings. The third-order valence-electron chi connectivity index (χ3n) is 3.77. The van der Waals surface area contributed by atoms with E-state index in [0.29, 0.717) is 6.10 Å². The summed E-state index contributed by atoms with van der Waals surface area (Å²) in [6, 6.07) is 0. The van der Waals surface area contributed by atoms with Gasteiger partial charge in [-0.05, 0) is 39.2 Å². The van der Waals surface area contributed by atoms with Crippen molar-refractivity contribution in [3.8, 4) is 0 Å². The highest BCUT2D eigenvalue weighted by Gasteiger charge is 2.21. The molecule has 0 saturated heterocycles. The van der Waals surface area contributed by atoms with Crippen LogP contribution >= 0.6 is 0 Å². The van der Waals surface area contributed by atoms with Gasteiger partial charge in [0.05, 0.1) is 18.8 Å². The quantitative estimate of drug-likeness (QED) is 0.744. The number of rotatable bonds is 7. The summed E-state index contributed by atoms with van der Waals surface area (Å²) >= 11 is 0. The summed E-state index contributed by atoms with van der Waals surface area (Å²) in [6.07, 6.45) is 6.38. The number of hydrogen-bond donors (Lipinski definition) is 1. The fourth-order valence-electron chi connectivity index (χ4n) is 2.41.